The SMILES string of the molecule is CC(NC(=O)C1CCNC1)c1ccc(Br)cc1. The smallest absolute Gasteiger partial charge is 0.224 e. The Balaban J connectivity index is 1.93. The lowest BCUT2D eigenvalue weighted by atomic mass is 10.1. The van der Waals surface area contributed by atoms with Gasteiger partial charge in [0.15, 0.2) is 0 Å². The average Bonchev–Trinajstić information content (AvgIpc) is 2.83. The van der Waals surface area contributed by atoms with Crippen molar-refractivity contribution in [3.63, 3.8) is 0 Å². The van der Waals surface area contributed by atoms with E-state index in [-0.39, 0.29) is 17.9 Å². The second kappa shape index (κ2) is 5.65. The van der Waals surface area contributed by atoms with Crippen LogP contribution in [0.2, 0.25) is 0 Å². The van der Waals surface area contributed by atoms with Crippen molar-refractivity contribution >= 4 is 21.8 Å². The predicted molar refractivity (Wildman–Crippen MR) is 71.7 cm³/mol. The fraction of sp³-hybridized carbons (Fsp3) is 0.462. The Bertz CT molecular complexity index is 385. The number of benzene rings is 1. The summed E-state index contributed by atoms with van der Waals surface area (Å²) >= 11 is 3.40. The molecule has 1 heterocycles. The quantitative estimate of drug-likeness (QED) is 0.898. The molecule has 1 aromatic carbocycles. The van der Waals surface area contributed by atoms with E-state index in [1.54, 1.807) is 0 Å². The summed E-state index contributed by atoms with van der Waals surface area (Å²) in [6, 6.07) is 8.12. The fourth-order valence-corrected chi connectivity index (χ4v) is 2.31. The van der Waals surface area contributed by atoms with Crippen LogP contribution in [0.4, 0.5) is 0 Å². The van der Waals surface area contributed by atoms with Crippen molar-refractivity contribution in [2.45, 2.75) is 19.4 Å². The Labute approximate surface area is 110 Å². The van der Waals surface area contributed by atoms with Crippen LogP contribution < -0.4 is 10.6 Å². The van der Waals surface area contributed by atoms with Gasteiger partial charge in [-0.1, -0.05) is 28.1 Å². The van der Waals surface area contributed by atoms with Gasteiger partial charge >= 0.3 is 0 Å². The van der Waals surface area contributed by atoms with Crippen molar-refractivity contribution in [3.8, 4) is 0 Å². The Morgan fingerprint density at radius 2 is 2.18 bits per heavy atom. The van der Waals surface area contributed by atoms with Gasteiger partial charge in [-0.25, -0.2) is 0 Å². The van der Waals surface area contributed by atoms with E-state index in [0.717, 1.165) is 29.5 Å². The van der Waals surface area contributed by atoms with Crippen molar-refractivity contribution in [1.29, 1.82) is 0 Å². The highest BCUT2D eigenvalue weighted by Gasteiger charge is 2.23. The molecule has 2 unspecified atom stereocenters. The number of rotatable bonds is 3. The molecular weight excluding hydrogens is 280 g/mol. The molecule has 3 nitrogen and oxygen atoms in total. The minimum absolute atomic E-state index is 0.0659. The predicted octanol–water partition coefficient (Wildman–Crippen LogP) is 2.24. The van der Waals surface area contributed by atoms with Gasteiger partial charge in [0.1, 0.15) is 0 Å². The number of hydrogen-bond donors (Lipinski definition) is 2. The molecule has 1 aliphatic heterocycles. The van der Waals surface area contributed by atoms with Crippen molar-refractivity contribution < 1.29 is 4.79 Å². The fourth-order valence-electron chi connectivity index (χ4n) is 2.04. The number of halogens is 1. The molecule has 1 aromatic rings. The van der Waals surface area contributed by atoms with Crippen molar-refractivity contribution in [2.24, 2.45) is 5.92 Å². The molecule has 17 heavy (non-hydrogen) atoms. The lowest BCUT2D eigenvalue weighted by molar-refractivity contribution is -0.125. The summed E-state index contributed by atoms with van der Waals surface area (Å²) < 4.78 is 1.06. The molecule has 1 aliphatic rings. The lowest BCUT2D eigenvalue weighted by Gasteiger charge is -2.17. The zero-order valence-electron chi connectivity index (χ0n) is 9.87. The van der Waals surface area contributed by atoms with E-state index in [1.807, 2.05) is 31.2 Å². The van der Waals surface area contributed by atoms with Crippen LogP contribution in [-0.2, 0) is 4.79 Å². The molecule has 2 atom stereocenters. The van der Waals surface area contributed by atoms with Gasteiger partial charge in [0.05, 0.1) is 12.0 Å². The molecule has 1 saturated heterocycles. The average molecular weight is 297 g/mol. The Morgan fingerprint density at radius 1 is 1.47 bits per heavy atom. The summed E-state index contributed by atoms with van der Waals surface area (Å²) in [4.78, 5) is 11.9. The van der Waals surface area contributed by atoms with Gasteiger partial charge in [0, 0.05) is 11.0 Å². The normalized spacial score (nSPS) is 21.2. The molecule has 2 rings (SSSR count). The van der Waals surface area contributed by atoms with Crippen LogP contribution >= 0.6 is 15.9 Å². The van der Waals surface area contributed by atoms with E-state index >= 15 is 0 Å². The summed E-state index contributed by atoms with van der Waals surface area (Å²) in [6.07, 6.45) is 0.943. The molecule has 1 amide bonds. The number of carbonyl (C=O) groups is 1. The molecule has 0 aromatic heterocycles. The minimum atomic E-state index is 0.0659. The number of amides is 1. The Hall–Kier alpha value is -0.870. The molecule has 4 heteroatoms. The standard InChI is InChI=1S/C13H17BrN2O/c1-9(10-2-4-12(14)5-3-10)16-13(17)11-6-7-15-8-11/h2-5,9,11,15H,6-8H2,1H3,(H,16,17). The van der Waals surface area contributed by atoms with Crippen LogP contribution in [0, 0.1) is 5.92 Å². The van der Waals surface area contributed by atoms with Gasteiger partial charge in [-0.05, 0) is 37.6 Å². The maximum atomic E-state index is 11.9. The molecule has 92 valence electrons. The number of carbonyl (C=O) groups excluding carboxylic acids is 1. The van der Waals surface area contributed by atoms with E-state index in [9.17, 15) is 4.79 Å². The molecule has 2 N–H and O–H groups in total. The van der Waals surface area contributed by atoms with E-state index < -0.39 is 0 Å². The van der Waals surface area contributed by atoms with Crippen LogP contribution in [-0.4, -0.2) is 19.0 Å². The first-order valence-electron chi connectivity index (χ1n) is 5.93. The second-order valence-corrected chi connectivity index (χ2v) is 5.39. The van der Waals surface area contributed by atoms with E-state index in [4.69, 9.17) is 0 Å². The van der Waals surface area contributed by atoms with Crippen LogP contribution in [0.1, 0.15) is 24.9 Å². The Kier molecular flexibility index (Phi) is 4.18. The van der Waals surface area contributed by atoms with E-state index in [2.05, 4.69) is 26.6 Å². The third-order valence-corrected chi connectivity index (χ3v) is 3.69. The zero-order valence-corrected chi connectivity index (χ0v) is 11.5. The molecule has 0 aliphatic carbocycles. The summed E-state index contributed by atoms with van der Waals surface area (Å²) in [5.74, 6) is 0.290. The highest BCUT2D eigenvalue weighted by atomic mass is 79.9. The van der Waals surface area contributed by atoms with Gasteiger partial charge < -0.3 is 10.6 Å². The summed E-state index contributed by atoms with van der Waals surface area (Å²) in [6.45, 7) is 3.77. The van der Waals surface area contributed by atoms with Crippen LogP contribution in [0.25, 0.3) is 0 Å². The van der Waals surface area contributed by atoms with Crippen LogP contribution in [0.3, 0.4) is 0 Å². The highest BCUT2D eigenvalue weighted by Crippen LogP contribution is 2.17. The first-order chi connectivity index (χ1) is 8.16. The van der Waals surface area contributed by atoms with E-state index in [0.29, 0.717) is 0 Å². The van der Waals surface area contributed by atoms with Crippen molar-refractivity contribution in [3.05, 3.63) is 34.3 Å². The van der Waals surface area contributed by atoms with Crippen LogP contribution in [0.15, 0.2) is 28.7 Å². The van der Waals surface area contributed by atoms with Gasteiger partial charge in [0.25, 0.3) is 0 Å². The van der Waals surface area contributed by atoms with Gasteiger partial charge in [0.2, 0.25) is 5.91 Å². The van der Waals surface area contributed by atoms with Gasteiger partial charge in [-0.15, -0.1) is 0 Å². The largest absolute Gasteiger partial charge is 0.349 e. The molecular formula is C13H17BrN2O. The van der Waals surface area contributed by atoms with Gasteiger partial charge in [-0.2, -0.15) is 0 Å². The maximum absolute atomic E-state index is 11.9. The highest BCUT2D eigenvalue weighted by molar-refractivity contribution is 9.10. The molecule has 0 saturated carbocycles. The third-order valence-electron chi connectivity index (χ3n) is 3.16. The monoisotopic (exact) mass is 296 g/mol. The van der Waals surface area contributed by atoms with E-state index in [1.165, 1.54) is 0 Å². The van der Waals surface area contributed by atoms with Crippen LogP contribution in [0.5, 0.6) is 0 Å². The number of hydrogen-bond acceptors (Lipinski definition) is 2. The van der Waals surface area contributed by atoms with Gasteiger partial charge in [-0.3, -0.25) is 4.79 Å². The summed E-state index contributed by atoms with van der Waals surface area (Å²) in [5, 5.41) is 6.27. The molecule has 0 bridgehead atoms. The topological polar surface area (TPSA) is 41.1 Å². The first kappa shape index (κ1) is 12.6. The third kappa shape index (κ3) is 3.30. The summed E-state index contributed by atoms with van der Waals surface area (Å²) in [5.41, 5.74) is 1.13. The maximum Gasteiger partial charge on any atom is 0.224 e. The van der Waals surface area contributed by atoms with Crippen molar-refractivity contribution in [2.75, 3.05) is 13.1 Å². The summed E-state index contributed by atoms with van der Waals surface area (Å²) in [7, 11) is 0. The molecule has 1 fully saturated rings. The Morgan fingerprint density at radius 3 is 2.76 bits per heavy atom. The second-order valence-electron chi connectivity index (χ2n) is 4.47. The minimum Gasteiger partial charge on any atom is -0.349 e. The lowest BCUT2D eigenvalue weighted by Crippen LogP contribution is -2.33. The number of nitrogens with one attached hydrogen (secondary N) is 2. The zero-order chi connectivity index (χ0) is 12.3. The molecule has 0 spiro atoms. The first-order valence-corrected chi connectivity index (χ1v) is 6.72. The van der Waals surface area contributed by atoms with Crippen molar-refractivity contribution in [1.82, 2.24) is 10.6 Å². The molecule has 0 radical (unpaired) electrons.